The van der Waals surface area contributed by atoms with Crippen LogP contribution in [0.5, 0.6) is 5.75 Å². The molecule has 0 aromatic heterocycles. The van der Waals surface area contributed by atoms with Gasteiger partial charge in [0.15, 0.2) is 6.10 Å². The summed E-state index contributed by atoms with van der Waals surface area (Å²) in [6.07, 6.45) is 1.85. The Morgan fingerprint density at radius 1 is 1.12 bits per heavy atom. The second-order valence-corrected chi connectivity index (χ2v) is 6.67. The zero-order valence-electron chi connectivity index (χ0n) is 16.2. The lowest BCUT2D eigenvalue weighted by atomic mass is 10.2. The number of rotatable bonds is 8. The Morgan fingerprint density at radius 2 is 1.73 bits per heavy atom. The molecular formula is C20H31N3O3. The van der Waals surface area contributed by atoms with Crippen LogP contribution in [-0.2, 0) is 16.0 Å². The zero-order valence-corrected chi connectivity index (χ0v) is 16.2. The minimum absolute atomic E-state index is 0.0214. The molecular weight excluding hydrogens is 330 g/mol. The van der Waals surface area contributed by atoms with Gasteiger partial charge in [-0.25, -0.2) is 0 Å². The number of carbonyl (C=O) groups is 2. The standard InChI is InChI=1S/C20H31N3O3/c1-4-17-7-9-18(10-8-17)26-16(2)20(25)23-14-12-22(13-15-23)19(24)6-5-11-21-3/h7-10,16,21H,4-6,11-15H2,1-3H3. The van der Waals surface area contributed by atoms with Gasteiger partial charge in [-0.15, -0.1) is 0 Å². The maximum Gasteiger partial charge on any atom is 0.263 e. The van der Waals surface area contributed by atoms with E-state index in [1.54, 1.807) is 11.8 Å². The van der Waals surface area contributed by atoms with E-state index in [1.165, 1.54) is 5.56 Å². The number of ether oxygens (including phenoxy) is 1. The van der Waals surface area contributed by atoms with Gasteiger partial charge in [-0.1, -0.05) is 19.1 Å². The maximum absolute atomic E-state index is 12.6. The van der Waals surface area contributed by atoms with Gasteiger partial charge in [0.2, 0.25) is 5.91 Å². The predicted molar refractivity (Wildman–Crippen MR) is 102 cm³/mol. The lowest BCUT2D eigenvalue weighted by Gasteiger charge is -2.36. The van der Waals surface area contributed by atoms with Crippen molar-refractivity contribution in [3.05, 3.63) is 29.8 Å². The van der Waals surface area contributed by atoms with E-state index < -0.39 is 6.10 Å². The first kappa shape index (κ1) is 20.2. The van der Waals surface area contributed by atoms with Gasteiger partial charge in [0.1, 0.15) is 5.75 Å². The topological polar surface area (TPSA) is 61.9 Å². The van der Waals surface area contributed by atoms with Gasteiger partial charge in [0.05, 0.1) is 0 Å². The van der Waals surface area contributed by atoms with Gasteiger partial charge in [0, 0.05) is 32.6 Å². The molecule has 0 saturated carbocycles. The number of hydrogen-bond acceptors (Lipinski definition) is 4. The fraction of sp³-hybridized carbons (Fsp3) is 0.600. The molecule has 2 amide bonds. The largest absolute Gasteiger partial charge is 0.481 e. The van der Waals surface area contributed by atoms with Crippen LogP contribution in [-0.4, -0.2) is 67.5 Å². The van der Waals surface area contributed by atoms with E-state index in [9.17, 15) is 9.59 Å². The molecule has 6 nitrogen and oxygen atoms in total. The van der Waals surface area contributed by atoms with Gasteiger partial charge in [-0.05, 0) is 51.1 Å². The van der Waals surface area contributed by atoms with Crippen molar-refractivity contribution < 1.29 is 14.3 Å². The zero-order chi connectivity index (χ0) is 18.9. The van der Waals surface area contributed by atoms with E-state index in [4.69, 9.17) is 4.74 Å². The van der Waals surface area contributed by atoms with Crippen molar-refractivity contribution in [1.29, 1.82) is 0 Å². The van der Waals surface area contributed by atoms with Crippen LogP contribution in [0.4, 0.5) is 0 Å². The monoisotopic (exact) mass is 361 g/mol. The molecule has 144 valence electrons. The molecule has 0 spiro atoms. The molecule has 1 aliphatic heterocycles. The molecule has 1 atom stereocenters. The van der Waals surface area contributed by atoms with Crippen molar-refractivity contribution in [2.24, 2.45) is 0 Å². The van der Waals surface area contributed by atoms with E-state index in [0.29, 0.717) is 38.3 Å². The third-order valence-corrected chi connectivity index (χ3v) is 4.75. The van der Waals surface area contributed by atoms with Crippen LogP contribution in [0.15, 0.2) is 24.3 Å². The number of piperazine rings is 1. The fourth-order valence-electron chi connectivity index (χ4n) is 3.07. The summed E-state index contributed by atoms with van der Waals surface area (Å²) in [5.74, 6) is 0.862. The summed E-state index contributed by atoms with van der Waals surface area (Å²) >= 11 is 0. The number of carbonyl (C=O) groups excluding carboxylic acids is 2. The minimum Gasteiger partial charge on any atom is -0.481 e. The number of nitrogens with one attached hydrogen (secondary N) is 1. The number of hydrogen-bond donors (Lipinski definition) is 1. The third-order valence-electron chi connectivity index (χ3n) is 4.75. The van der Waals surface area contributed by atoms with E-state index in [2.05, 4.69) is 12.2 Å². The highest BCUT2D eigenvalue weighted by Gasteiger charge is 2.27. The number of amides is 2. The highest BCUT2D eigenvalue weighted by molar-refractivity contribution is 5.81. The van der Waals surface area contributed by atoms with Crippen molar-refractivity contribution in [3.63, 3.8) is 0 Å². The van der Waals surface area contributed by atoms with Gasteiger partial charge in [-0.3, -0.25) is 9.59 Å². The first-order chi connectivity index (χ1) is 12.5. The Hall–Kier alpha value is -2.08. The summed E-state index contributed by atoms with van der Waals surface area (Å²) in [4.78, 5) is 28.4. The first-order valence-corrected chi connectivity index (χ1v) is 9.52. The van der Waals surface area contributed by atoms with Gasteiger partial charge < -0.3 is 19.9 Å². The summed E-state index contributed by atoms with van der Waals surface area (Å²) in [5.41, 5.74) is 1.24. The van der Waals surface area contributed by atoms with Crippen LogP contribution in [0.25, 0.3) is 0 Å². The van der Waals surface area contributed by atoms with Crippen molar-refractivity contribution >= 4 is 11.8 Å². The Labute approximate surface area is 156 Å². The molecule has 1 aromatic carbocycles. The van der Waals surface area contributed by atoms with Crippen LogP contribution >= 0.6 is 0 Å². The van der Waals surface area contributed by atoms with Crippen molar-refractivity contribution in [1.82, 2.24) is 15.1 Å². The Morgan fingerprint density at radius 3 is 2.31 bits per heavy atom. The Kier molecular flexibility index (Phi) is 7.91. The van der Waals surface area contributed by atoms with Crippen molar-refractivity contribution in [2.75, 3.05) is 39.8 Å². The van der Waals surface area contributed by atoms with E-state index in [1.807, 2.05) is 36.2 Å². The molecule has 0 bridgehead atoms. The number of benzene rings is 1. The summed E-state index contributed by atoms with van der Waals surface area (Å²) in [7, 11) is 1.89. The number of nitrogens with zero attached hydrogens (tertiary/aromatic N) is 2. The third kappa shape index (κ3) is 5.73. The first-order valence-electron chi connectivity index (χ1n) is 9.52. The summed E-state index contributed by atoms with van der Waals surface area (Å²) in [6.45, 7) is 7.07. The Balaban J connectivity index is 1.78. The fourth-order valence-corrected chi connectivity index (χ4v) is 3.07. The molecule has 1 saturated heterocycles. The average molecular weight is 361 g/mol. The summed E-state index contributed by atoms with van der Waals surface area (Å²) in [6, 6.07) is 7.85. The summed E-state index contributed by atoms with van der Waals surface area (Å²) < 4.78 is 5.79. The molecule has 6 heteroatoms. The van der Waals surface area contributed by atoms with Crippen molar-refractivity contribution in [2.45, 2.75) is 39.2 Å². The second-order valence-electron chi connectivity index (χ2n) is 6.67. The molecule has 1 N–H and O–H groups in total. The molecule has 26 heavy (non-hydrogen) atoms. The average Bonchev–Trinajstić information content (AvgIpc) is 2.68. The molecule has 1 unspecified atom stereocenters. The lowest BCUT2D eigenvalue weighted by molar-refractivity contribution is -0.143. The molecule has 1 heterocycles. The Bertz CT molecular complexity index is 580. The highest BCUT2D eigenvalue weighted by atomic mass is 16.5. The van der Waals surface area contributed by atoms with Crippen LogP contribution in [0, 0.1) is 0 Å². The normalized spacial score (nSPS) is 15.7. The van der Waals surface area contributed by atoms with Gasteiger partial charge >= 0.3 is 0 Å². The minimum atomic E-state index is -0.527. The lowest BCUT2D eigenvalue weighted by Crippen LogP contribution is -2.53. The number of aryl methyl sites for hydroxylation is 1. The van der Waals surface area contributed by atoms with E-state index in [-0.39, 0.29) is 11.8 Å². The van der Waals surface area contributed by atoms with Gasteiger partial charge in [-0.2, -0.15) is 0 Å². The van der Waals surface area contributed by atoms with Crippen molar-refractivity contribution in [3.8, 4) is 5.75 Å². The molecule has 1 fully saturated rings. The molecule has 0 aliphatic carbocycles. The smallest absolute Gasteiger partial charge is 0.263 e. The molecule has 2 rings (SSSR count). The van der Waals surface area contributed by atoms with Crippen LogP contribution < -0.4 is 10.1 Å². The van der Waals surface area contributed by atoms with E-state index >= 15 is 0 Å². The second kappa shape index (κ2) is 10.2. The van der Waals surface area contributed by atoms with E-state index in [0.717, 1.165) is 19.4 Å². The summed E-state index contributed by atoms with van der Waals surface area (Å²) in [5, 5.41) is 3.05. The van der Waals surface area contributed by atoms with Gasteiger partial charge in [0.25, 0.3) is 5.91 Å². The SMILES string of the molecule is CCc1ccc(OC(C)C(=O)N2CCN(C(=O)CCCNC)CC2)cc1. The quantitative estimate of drug-likeness (QED) is 0.716. The molecule has 1 aliphatic rings. The predicted octanol–water partition coefficient (Wildman–Crippen LogP) is 1.69. The molecule has 1 aromatic rings. The molecule has 0 radical (unpaired) electrons. The van der Waals surface area contributed by atoms with Crippen LogP contribution in [0.3, 0.4) is 0 Å². The maximum atomic E-state index is 12.6. The highest BCUT2D eigenvalue weighted by Crippen LogP contribution is 2.16. The van der Waals surface area contributed by atoms with Crippen LogP contribution in [0.1, 0.15) is 32.3 Å². The van der Waals surface area contributed by atoms with Crippen LogP contribution in [0.2, 0.25) is 0 Å².